The molecule has 0 saturated carbocycles. The van der Waals surface area contributed by atoms with Crippen molar-refractivity contribution < 1.29 is 26.7 Å². The molecule has 0 radical (unpaired) electrons. The van der Waals surface area contributed by atoms with E-state index < -0.39 is 29.8 Å². The topological polar surface area (TPSA) is 9.23 Å². The highest BCUT2D eigenvalue weighted by Gasteiger charge is 2.16. The number of hydrogen-bond acceptors (Lipinski definition) is 1. The van der Waals surface area contributed by atoms with Crippen LogP contribution in [0.15, 0.2) is 66.7 Å². The van der Waals surface area contributed by atoms with Crippen molar-refractivity contribution in [3.05, 3.63) is 112 Å². The van der Waals surface area contributed by atoms with Crippen LogP contribution in [0.1, 0.15) is 54.0 Å². The second-order valence-corrected chi connectivity index (χ2v) is 8.66. The fraction of sp³-hybridized carbons (Fsp3) is 0.188. The van der Waals surface area contributed by atoms with Gasteiger partial charge in [-0.25, -0.2) is 13.2 Å². The predicted octanol–water partition coefficient (Wildman–Crippen LogP) is 8.39. The summed E-state index contributed by atoms with van der Waals surface area (Å²) in [6, 6.07) is 17.9. The normalized spacial score (nSPS) is 10.6. The quantitative estimate of drug-likeness (QED) is 0.142. The minimum Gasteiger partial charge on any atom is -0.429 e. The van der Waals surface area contributed by atoms with Gasteiger partial charge in [0.15, 0.2) is 17.4 Å². The van der Waals surface area contributed by atoms with Crippen molar-refractivity contribution in [2.24, 2.45) is 0 Å². The molecule has 0 aliphatic carbocycles. The van der Waals surface area contributed by atoms with E-state index in [9.17, 15) is 17.6 Å². The van der Waals surface area contributed by atoms with E-state index in [1.54, 1.807) is 24.3 Å². The molecule has 192 valence electrons. The third-order valence-electron chi connectivity index (χ3n) is 5.87. The lowest BCUT2D eigenvalue weighted by atomic mass is 10.0. The van der Waals surface area contributed by atoms with Gasteiger partial charge in [-0.3, -0.25) is 0 Å². The standard InChI is InChI=1S/C32H23F5O/c1-2-3-4-5-21-6-8-22(9-7-21)10-11-23-13-17-27-26(18-23)16-15-25(30(27)35)14-12-24-19-28(33)31(29(34)20-24)38-32(36)37/h6-9,13,15-20,32H,2-5H2,1H3. The average Bonchev–Trinajstić information content (AvgIpc) is 2.90. The van der Waals surface area contributed by atoms with Crippen molar-refractivity contribution in [1.82, 2.24) is 0 Å². The third kappa shape index (κ3) is 6.72. The van der Waals surface area contributed by atoms with Gasteiger partial charge in [-0.1, -0.05) is 67.7 Å². The molecule has 0 bridgehead atoms. The van der Waals surface area contributed by atoms with E-state index in [4.69, 9.17) is 0 Å². The summed E-state index contributed by atoms with van der Waals surface area (Å²) in [6.45, 7) is -1.19. The summed E-state index contributed by atoms with van der Waals surface area (Å²) in [7, 11) is 0. The van der Waals surface area contributed by atoms with E-state index in [1.165, 1.54) is 30.9 Å². The number of ether oxygens (including phenoxy) is 1. The maximum absolute atomic E-state index is 15.1. The Morgan fingerprint density at radius 2 is 1.37 bits per heavy atom. The van der Waals surface area contributed by atoms with E-state index in [0.29, 0.717) is 10.8 Å². The summed E-state index contributed by atoms with van der Waals surface area (Å²) in [5, 5.41) is 0.938. The summed E-state index contributed by atoms with van der Waals surface area (Å²) in [6.07, 6.45) is 4.63. The van der Waals surface area contributed by atoms with Gasteiger partial charge in [0.25, 0.3) is 0 Å². The Morgan fingerprint density at radius 1 is 0.711 bits per heavy atom. The van der Waals surface area contributed by atoms with E-state index >= 15 is 4.39 Å². The van der Waals surface area contributed by atoms with E-state index in [2.05, 4.69) is 47.5 Å². The maximum atomic E-state index is 15.1. The fourth-order valence-electron chi connectivity index (χ4n) is 3.92. The van der Waals surface area contributed by atoms with Crippen LogP contribution in [-0.2, 0) is 6.42 Å². The molecule has 6 heteroatoms. The minimum atomic E-state index is -3.37. The molecule has 0 fully saturated rings. The number of fused-ring (bicyclic) bond motifs is 1. The van der Waals surface area contributed by atoms with Gasteiger partial charge in [0.2, 0.25) is 0 Å². The number of benzene rings is 4. The van der Waals surface area contributed by atoms with E-state index in [1.807, 2.05) is 12.1 Å². The zero-order valence-corrected chi connectivity index (χ0v) is 20.6. The first kappa shape index (κ1) is 26.8. The van der Waals surface area contributed by atoms with Gasteiger partial charge < -0.3 is 4.74 Å². The van der Waals surface area contributed by atoms with Gasteiger partial charge in [0, 0.05) is 22.1 Å². The summed E-state index contributed by atoms with van der Waals surface area (Å²) in [5.41, 5.74) is 2.77. The highest BCUT2D eigenvalue weighted by Crippen LogP contribution is 2.25. The second-order valence-electron chi connectivity index (χ2n) is 8.66. The lowest BCUT2D eigenvalue weighted by molar-refractivity contribution is -0.0546. The molecular formula is C32H23F5O. The molecule has 1 nitrogen and oxygen atoms in total. The van der Waals surface area contributed by atoms with E-state index in [-0.39, 0.29) is 11.1 Å². The molecule has 0 saturated heterocycles. The molecule has 38 heavy (non-hydrogen) atoms. The molecule has 0 aliphatic rings. The number of alkyl halides is 2. The Hall–Kier alpha value is -4.29. The summed E-state index contributed by atoms with van der Waals surface area (Å²) >= 11 is 0. The molecule has 0 N–H and O–H groups in total. The Labute approximate surface area is 218 Å². The maximum Gasteiger partial charge on any atom is 0.387 e. The Morgan fingerprint density at radius 3 is 2.05 bits per heavy atom. The van der Waals surface area contributed by atoms with Crippen LogP contribution < -0.4 is 4.74 Å². The Bertz CT molecular complexity index is 1540. The number of hydrogen-bond donors (Lipinski definition) is 0. The van der Waals surface area contributed by atoms with Crippen LogP contribution in [0.5, 0.6) is 5.75 Å². The van der Waals surface area contributed by atoms with E-state index in [0.717, 1.165) is 29.7 Å². The number of halogens is 5. The van der Waals surface area contributed by atoms with Crippen LogP contribution in [-0.4, -0.2) is 6.61 Å². The number of rotatable bonds is 6. The first-order valence-electron chi connectivity index (χ1n) is 12.1. The predicted molar refractivity (Wildman–Crippen MR) is 139 cm³/mol. The highest BCUT2D eigenvalue weighted by atomic mass is 19.3. The monoisotopic (exact) mass is 518 g/mol. The van der Waals surface area contributed by atoms with Gasteiger partial charge in [0.1, 0.15) is 5.82 Å². The number of unbranched alkanes of at least 4 members (excludes halogenated alkanes) is 2. The van der Waals surface area contributed by atoms with Crippen LogP contribution in [0.4, 0.5) is 22.0 Å². The van der Waals surface area contributed by atoms with Crippen molar-refractivity contribution >= 4 is 10.8 Å². The zero-order valence-electron chi connectivity index (χ0n) is 20.6. The molecular weight excluding hydrogens is 495 g/mol. The Balaban J connectivity index is 1.52. The largest absolute Gasteiger partial charge is 0.429 e. The lowest BCUT2D eigenvalue weighted by Gasteiger charge is -2.07. The third-order valence-corrected chi connectivity index (χ3v) is 5.87. The van der Waals surface area contributed by atoms with Crippen molar-refractivity contribution in [3.63, 3.8) is 0 Å². The molecule has 4 aromatic carbocycles. The number of aryl methyl sites for hydroxylation is 1. The summed E-state index contributed by atoms with van der Waals surface area (Å²) in [5.74, 6) is 6.80. The molecule has 0 unspecified atom stereocenters. The molecule has 0 aromatic heterocycles. The molecule has 0 amide bonds. The lowest BCUT2D eigenvalue weighted by Crippen LogP contribution is -2.06. The Kier molecular flexibility index (Phi) is 8.66. The van der Waals surface area contributed by atoms with Crippen LogP contribution in [0.2, 0.25) is 0 Å². The minimum absolute atomic E-state index is 0.0177. The van der Waals surface area contributed by atoms with Gasteiger partial charge >= 0.3 is 6.61 Å². The smallest absolute Gasteiger partial charge is 0.387 e. The zero-order chi connectivity index (χ0) is 27.1. The SMILES string of the molecule is CCCCCc1ccc(C#Cc2ccc3c(F)c(C#Cc4cc(F)c(OC(F)F)c(F)c4)ccc3c2)cc1. The van der Waals surface area contributed by atoms with Gasteiger partial charge in [0.05, 0.1) is 5.56 Å². The molecule has 0 atom stereocenters. The highest BCUT2D eigenvalue weighted by molar-refractivity contribution is 5.86. The van der Waals surface area contributed by atoms with Gasteiger partial charge in [-0.2, -0.15) is 8.78 Å². The first-order chi connectivity index (χ1) is 18.3. The fourth-order valence-corrected chi connectivity index (χ4v) is 3.92. The van der Waals surface area contributed by atoms with Gasteiger partial charge in [-0.15, -0.1) is 0 Å². The summed E-state index contributed by atoms with van der Waals surface area (Å²) < 4.78 is 71.3. The van der Waals surface area contributed by atoms with Crippen molar-refractivity contribution in [3.8, 4) is 29.4 Å². The second kappa shape index (κ2) is 12.3. The molecule has 0 spiro atoms. The molecule has 4 aromatic rings. The molecule has 0 heterocycles. The molecule has 0 aliphatic heterocycles. The van der Waals surface area contributed by atoms with Crippen LogP contribution >= 0.6 is 0 Å². The van der Waals surface area contributed by atoms with Crippen molar-refractivity contribution in [2.45, 2.75) is 39.2 Å². The van der Waals surface area contributed by atoms with Crippen LogP contribution in [0.3, 0.4) is 0 Å². The van der Waals surface area contributed by atoms with Crippen LogP contribution in [0, 0.1) is 41.1 Å². The molecule has 4 rings (SSSR count). The van der Waals surface area contributed by atoms with Crippen molar-refractivity contribution in [2.75, 3.05) is 0 Å². The average molecular weight is 519 g/mol. The van der Waals surface area contributed by atoms with Crippen LogP contribution in [0.25, 0.3) is 10.8 Å². The van der Waals surface area contributed by atoms with Crippen molar-refractivity contribution in [1.29, 1.82) is 0 Å². The first-order valence-corrected chi connectivity index (χ1v) is 12.1. The summed E-state index contributed by atoms with van der Waals surface area (Å²) in [4.78, 5) is 0. The van der Waals surface area contributed by atoms with Gasteiger partial charge in [-0.05, 0) is 66.3 Å².